The number of hydrogen-bond donors (Lipinski definition) is 1. The van der Waals surface area contributed by atoms with Crippen LogP contribution in [0, 0.1) is 12.7 Å². The van der Waals surface area contributed by atoms with Gasteiger partial charge in [-0.15, -0.1) is 11.8 Å². The quantitative estimate of drug-likeness (QED) is 0.773. The van der Waals surface area contributed by atoms with E-state index in [0.29, 0.717) is 17.0 Å². The lowest BCUT2D eigenvalue weighted by atomic mass is 10.1. The molecule has 0 saturated carbocycles. The van der Waals surface area contributed by atoms with E-state index in [1.54, 1.807) is 23.9 Å². The Morgan fingerprint density at radius 3 is 2.76 bits per heavy atom. The maximum atomic E-state index is 13.8. The molecule has 1 atom stereocenters. The molecule has 2 aromatic rings. The molecule has 2 aromatic carbocycles. The Hall–Kier alpha value is -1.03. The van der Waals surface area contributed by atoms with Crippen LogP contribution in [0.25, 0.3) is 0 Å². The fraction of sp³-hybridized carbons (Fsp3) is 0.294. The first-order valence-electron chi connectivity index (χ1n) is 6.89. The van der Waals surface area contributed by atoms with Crippen LogP contribution in [0.1, 0.15) is 11.1 Å². The van der Waals surface area contributed by atoms with Crippen molar-refractivity contribution in [1.29, 1.82) is 0 Å². The minimum absolute atomic E-state index is 0.194. The van der Waals surface area contributed by atoms with Crippen molar-refractivity contribution >= 4 is 23.4 Å². The predicted octanol–water partition coefficient (Wildman–Crippen LogP) is 4.71. The van der Waals surface area contributed by atoms with Gasteiger partial charge in [0.2, 0.25) is 0 Å². The van der Waals surface area contributed by atoms with Crippen molar-refractivity contribution in [2.75, 3.05) is 12.8 Å². The molecule has 0 aliphatic heterocycles. The maximum absolute atomic E-state index is 13.8. The molecule has 4 heteroatoms. The summed E-state index contributed by atoms with van der Waals surface area (Å²) in [5, 5.41) is 3.83. The number of halogens is 2. The summed E-state index contributed by atoms with van der Waals surface area (Å²) in [6.45, 7) is 2.08. The minimum Gasteiger partial charge on any atom is -0.316 e. The van der Waals surface area contributed by atoms with E-state index in [2.05, 4.69) is 36.5 Å². The lowest BCUT2D eigenvalue weighted by Gasteiger charge is -2.16. The summed E-state index contributed by atoms with van der Waals surface area (Å²) in [6, 6.07) is 13.3. The molecule has 0 heterocycles. The van der Waals surface area contributed by atoms with E-state index in [1.807, 2.05) is 7.05 Å². The molecule has 21 heavy (non-hydrogen) atoms. The lowest BCUT2D eigenvalue weighted by molar-refractivity contribution is 0.568. The second-order valence-electron chi connectivity index (χ2n) is 5.05. The number of likely N-dealkylation sites (N-methyl/N-ethyl adjacent to an activating group) is 1. The Morgan fingerprint density at radius 2 is 2.05 bits per heavy atom. The van der Waals surface area contributed by atoms with Gasteiger partial charge in [0.25, 0.3) is 0 Å². The molecule has 0 aromatic heterocycles. The van der Waals surface area contributed by atoms with E-state index in [0.717, 1.165) is 5.75 Å². The van der Waals surface area contributed by atoms with Crippen LogP contribution in [0.3, 0.4) is 0 Å². The van der Waals surface area contributed by atoms with E-state index in [4.69, 9.17) is 11.6 Å². The van der Waals surface area contributed by atoms with Gasteiger partial charge in [-0.25, -0.2) is 4.39 Å². The van der Waals surface area contributed by atoms with Crippen LogP contribution < -0.4 is 5.32 Å². The normalized spacial score (nSPS) is 12.4. The molecule has 0 radical (unpaired) electrons. The third-order valence-corrected chi connectivity index (χ3v) is 4.71. The fourth-order valence-corrected chi connectivity index (χ4v) is 3.43. The molecule has 2 rings (SSSR count). The van der Waals surface area contributed by atoms with Crippen LogP contribution in [-0.4, -0.2) is 18.8 Å². The monoisotopic (exact) mass is 323 g/mol. The van der Waals surface area contributed by atoms with Crippen molar-refractivity contribution in [3.05, 3.63) is 64.4 Å². The van der Waals surface area contributed by atoms with Gasteiger partial charge >= 0.3 is 0 Å². The zero-order valence-corrected chi connectivity index (χ0v) is 13.8. The van der Waals surface area contributed by atoms with Crippen LogP contribution >= 0.6 is 23.4 Å². The third kappa shape index (κ3) is 5.03. The Labute approximate surface area is 134 Å². The van der Waals surface area contributed by atoms with Crippen LogP contribution in [0.15, 0.2) is 47.4 Å². The van der Waals surface area contributed by atoms with Crippen molar-refractivity contribution < 1.29 is 4.39 Å². The van der Waals surface area contributed by atoms with Crippen molar-refractivity contribution in [3.63, 3.8) is 0 Å². The number of nitrogens with one attached hydrogen (secondary N) is 1. The van der Waals surface area contributed by atoms with Crippen molar-refractivity contribution in [3.8, 4) is 0 Å². The average molecular weight is 324 g/mol. The van der Waals surface area contributed by atoms with Gasteiger partial charge < -0.3 is 5.32 Å². The Bertz CT molecular complexity index is 603. The van der Waals surface area contributed by atoms with Gasteiger partial charge in [0.05, 0.1) is 0 Å². The first-order valence-corrected chi connectivity index (χ1v) is 8.25. The van der Waals surface area contributed by atoms with Crippen molar-refractivity contribution in [1.82, 2.24) is 5.32 Å². The highest BCUT2D eigenvalue weighted by Crippen LogP contribution is 2.22. The van der Waals surface area contributed by atoms with E-state index >= 15 is 0 Å². The molecule has 0 saturated heterocycles. The van der Waals surface area contributed by atoms with Gasteiger partial charge in [-0.1, -0.05) is 29.3 Å². The average Bonchev–Trinajstić information content (AvgIpc) is 2.47. The summed E-state index contributed by atoms with van der Waals surface area (Å²) in [7, 11) is 1.91. The highest BCUT2D eigenvalue weighted by atomic mass is 35.5. The van der Waals surface area contributed by atoms with Crippen LogP contribution in [-0.2, 0) is 6.42 Å². The molecular formula is C17H19ClFNS. The molecule has 0 spiro atoms. The van der Waals surface area contributed by atoms with Gasteiger partial charge in [0.15, 0.2) is 0 Å². The molecule has 0 aliphatic carbocycles. The first-order chi connectivity index (χ1) is 10.1. The zero-order valence-electron chi connectivity index (χ0n) is 12.2. The Balaban J connectivity index is 1.98. The number of benzene rings is 2. The second-order valence-corrected chi connectivity index (χ2v) is 6.58. The smallest absolute Gasteiger partial charge is 0.126 e. The van der Waals surface area contributed by atoms with Gasteiger partial charge in [0.1, 0.15) is 5.82 Å². The minimum atomic E-state index is -0.194. The fourth-order valence-electron chi connectivity index (χ4n) is 2.11. The van der Waals surface area contributed by atoms with Crippen molar-refractivity contribution in [2.45, 2.75) is 24.3 Å². The molecular weight excluding hydrogens is 305 g/mol. The van der Waals surface area contributed by atoms with Crippen molar-refractivity contribution in [2.24, 2.45) is 0 Å². The predicted molar refractivity (Wildman–Crippen MR) is 89.9 cm³/mol. The number of aryl methyl sites for hydroxylation is 1. The number of rotatable bonds is 6. The molecule has 1 N–H and O–H groups in total. The molecule has 1 nitrogen and oxygen atoms in total. The largest absolute Gasteiger partial charge is 0.316 e. The SMILES string of the molecule is CNC(CSc1cccc(C)c1)Cc1cc(Cl)ccc1F. The lowest BCUT2D eigenvalue weighted by Crippen LogP contribution is -2.30. The molecule has 0 bridgehead atoms. The Morgan fingerprint density at radius 1 is 1.24 bits per heavy atom. The van der Waals surface area contributed by atoms with E-state index in [9.17, 15) is 4.39 Å². The van der Waals surface area contributed by atoms with Gasteiger partial charge in [-0.3, -0.25) is 0 Å². The molecule has 0 fully saturated rings. The van der Waals surface area contributed by atoms with E-state index in [-0.39, 0.29) is 11.9 Å². The van der Waals surface area contributed by atoms with Gasteiger partial charge in [-0.2, -0.15) is 0 Å². The highest BCUT2D eigenvalue weighted by molar-refractivity contribution is 7.99. The summed E-state index contributed by atoms with van der Waals surface area (Å²) in [5.41, 5.74) is 1.91. The van der Waals surface area contributed by atoms with Crippen LogP contribution in [0.4, 0.5) is 4.39 Å². The van der Waals surface area contributed by atoms with Gasteiger partial charge in [-0.05, 0) is 56.3 Å². The highest BCUT2D eigenvalue weighted by Gasteiger charge is 2.12. The molecule has 112 valence electrons. The van der Waals surface area contributed by atoms with E-state index in [1.165, 1.54) is 16.5 Å². The summed E-state index contributed by atoms with van der Waals surface area (Å²) in [6.07, 6.45) is 0.627. The number of thioether (sulfide) groups is 1. The third-order valence-electron chi connectivity index (χ3n) is 3.32. The van der Waals surface area contributed by atoms with Gasteiger partial charge in [0, 0.05) is 21.7 Å². The molecule has 0 aliphatic rings. The van der Waals surface area contributed by atoms with E-state index < -0.39 is 0 Å². The Kier molecular flexibility index (Phi) is 6.09. The summed E-state index contributed by atoms with van der Waals surface area (Å²) >= 11 is 7.72. The standard InChI is InChI=1S/C17H19ClFNS/c1-12-4-3-5-16(8-12)21-11-15(20-2)10-13-9-14(18)6-7-17(13)19/h3-9,15,20H,10-11H2,1-2H3. The number of hydrogen-bond acceptors (Lipinski definition) is 2. The summed E-state index contributed by atoms with van der Waals surface area (Å²) < 4.78 is 13.8. The topological polar surface area (TPSA) is 12.0 Å². The molecule has 0 amide bonds. The molecule has 1 unspecified atom stereocenters. The second kappa shape index (κ2) is 7.83. The summed E-state index contributed by atoms with van der Waals surface area (Å²) in [5.74, 6) is 0.687. The zero-order chi connectivity index (χ0) is 15.2. The summed E-state index contributed by atoms with van der Waals surface area (Å²) in [4.78, 5) is 1.24. The van der Waals surface area contributed by atoms with Crippen LogP contribution in [0.5, 0.6) is 0 Å². The maximum Gasteiger partial charge on any atom is 0.126 e. The van der Waals surface area contributed by atoms with Crippen LogP contribution in [0.2, 0.25) is 5.02 Å². The first kappa shape index (κ1) is 16.3.